The Morgan fingerprint density at radius 2 is 1.29 bits per heavy atom. The van der Waals surface area contributed by atoms with Crippen molar-refractivity contribution in [1.82, 2.24) is 0 Å². The van der Waals surface area contributed by atoms with E-state index in [1.807, 2.05) is 21.1 Å². The SMILES string of the molecule is [2H]CCCCCCCCCCCCCCCC(=O)C(O)(CC(=O)[O-])C[N+](C)(C)C. The van der Waals surface area contributed by atoms with Crippen molar-refractivity contribution in [3.8, 4) is 0 Å². The molecule has 28 heavy (non-hydrogen) atoms. The van der Waals surface area contributed by atoms with E-state index >= 15 is 0 Å². The van der Waals surface area contributed by atoms with Crippen LogP contribution in [0.5, 0.6) is 0 Å². The fourth-order valence-electron chi connectivity index (χ4n) is 3.73. The highest BCUT2D eigenvalue weighted by molar-refractivity contribution is 5.90. The molecule has 0 aliphatic rings. The van der Waals surface area contributed by atoms with Crippen LogP contribution < -0.4 is 5.11 Å². The Labute approximate surface area is 174 Å². The lowest BCUT2D eigenvalue weighted by molar-refractivity contribution is -0.875. The van der Waals surface area contributed by atoms with Crippen LogP contribution in [0.1, 0.15) is 105 Å². The maximum absolute atomic E-state index is 12.4. The zero-order valence-electron chi connectivity index (χ0n) is 19.6. The summed E-state index contributed by atoms with van der Waals surface area (Å²) in [5.41, 5.74) is -1.84. The number of aliphatic hydroxyl groups is 1. The zero-order chi connectivity index (χ0) is 22.2. The Morgan fingerprint density at radius 1 is 0.857 bits per heavy atom. The van der Waals surface area contributed by atoms with Gasteiger partial charge in [0.05, 0.1) is 21.1 Å². The third kappa shape index (κ3) is 15.0. The molecule has 5 heteroatoms. The highest BCUT2D eigenvalue weighted by Gasteiger charge is 2.40. The summed E-state index contributed by atoms with van der Waals surface area (Å²) in [6, 6.07) is 0. The highest BCUT2D eigenvalue weighted by atomic mass is 16.4. The third-order valence-corrected chi connectivity index (χ3v) is 5.10. The number of carbonyl (C=O) groups excluding carboxylic acids is 2. The van der Waals surface area contributed by atoms with Crippen molar-refractivity contribution in [1.29, 1.82) is 0 Å². The van der Waals surface area contributed by atoms with Gasteiger partial charge in [0.1, 0.15) is 6.54 Å². The monoisotopic (exact) mass is 400 g/mol. The average Bonchev–Trinajstić information content (AvgIpc) is 2.59. The van der Waals surface area contributed by atoms with Gasteiger partial charge in [-0.2, -0.15) is 0 Å². The normalized spacial score (nSPS) is 14.5. The average molecular weight is 401 g/mol. The van der Waals surface area contributed by atoms with Crippen molar-refractivity contribution in [2.24, 2.45) is 0 Å². The van der Waals surface area contributed by atoms with Crippen LogP contribution in [0, 0.1) is 0 Å². The van der Waals surface area contributed by atoms with Gasteiger partial charge in [-0.1, -0.05) is 83.9 Å². The largest absolute Gasteiger partial charge is 0.550 e. The van der Waals surface area contributed by atoms with Crippen molar-refractivity contribution >= 4 is 11.8 Å². The second-order valence-electron chi connectivity index (χ2n) is 9.30. The Morgan fingerprint density at radius 3 is 1.68 bits per heavy atom. The Hall–Kier alpha value is -0.940. The summed E-state index contributed by atoms with van der Waals surface area (Å²) in [5, 5.41) is 21.6. The second kappa shape index (κ2) is 15.0. The third-order valence-electron chi connectivity index (χ3n) is 5.10. The maximum atomic E-state index is 12.4. The fraction of sp³-hybridized carbons (Fsp3) is 0.913. The zero-order valence-corrected chi connectivity index (χ0v) is 18.6. The van der Waals surface area contributed by atoms with E-state index in [0.29, 0.717) is 17.8 Å². The summed E-state index contributed by atoms with van der Waals surface area (Å²) in [4.78, 5) is 23.4. The standard InChI is InChI=1S/C23H45NO4/c1-5-6-7-8-9-10-11-12-13-14-15-16-17-18-21(25)23(28,19-22(26)27)20-24(2,3)4/h28H,5-20H2,1-4H3/i1D. The molecule has 0 aromatic heterocycles. The van der Waals surface area contributed by atoms with Crippen molar-refractivity contribution in [3.63, 3.8) is 0 Å². The molecule has 1 atom stereocenters. The van der Waals surface area contributed by atoms with Crippen LogP contribution in [-0.2, 0) is 9.59 Å². The van der Waals surface area contributed by atoms with Gasteiger partial charge in [0.25, 0.3) is 0 Å². The van der Waals surface area contributed by atoms with Crippen molar-refractivity contribution in [2.75, 3.05) is 27.7 Å². The van der Waals surface area contributed by atoms with Gasteiger partial charge in [0, 0.05) is 20.2 Å². The lowest BCUT2D eigenvalue weighted by Gasteiger charge is -2.34. The minimum atomic E-state index is -1.84. The van der Waals surface area contributed by atoms with E-state index in [9.17, 15) is 19.8 Å². The molecule has 0 heterocycles. The lowest BCUT2D eigenvalue weighted by Crippen LogP contribution is -2.56. The number of carbonyl (C=O) groups is 2. The number of carboxylic acid groups (broad SMARTS) is 1. The number of ketones is 1. The van der Waals surface area contributed by atoms with E-state index < -0.39 is 18.0 Å². The summed E-state index contributed by atoms with van der Waals surface area (Å²) in [6.07, 6.45) is 14.7. The van der Waals surface area contributed by atoms with Crippen LogP contribution in [0.3, 0.4) is 0 Å². The molecule has 0 radical (unpaired) electrons. The number of nitrogens with zero attached hydrogens (tertiary/aromatic N) is 1. The van der Waals surface area contributed by atoms with Crippen LogP contribution in [0.4, 0.5) is 0 Å². The molecular weight excluding hydrogens is 354 g/mol. The number of quaternary nitrogens is 1. The molecule has 0 spiro atoms. The first-order valence-corrected chi connectivity index (χ1v) is 11.2. The Bertz CT molecular complexity index is 451. The van der Waals surface area contributed by atoms with E-state index in [4.69, 9.17) is 1.37 Å². The molecule has 0 saturated heterocycles. The Balaban J connectivity index is 3.79. The number of aliphatic carboxylic acids is 1. The molecule has 0 aliphatic carbocycles. The van der Waals surface area contributed by atoms with Crippen LogP contribution in [0.25, 0.3) is 0 Å². The van der Waals surface area contributed by atoms with Gasteiger partial charge in [-0.15, -0.1) is 0 Å². The summed E-state index contributed by atoms with van der Waals surface area (Å²) < 4.78 is 7.43. The van der Waals surface area contributed by atoms with Crippen LogP contribution in [0.15, 0.2) is 0 Å². The number of hydrogen-bond acceptors (Lipinski definition) is 4. The first-order valence-electron chi connectivity index (χ1n) is 11.9. The molecule has 0 aliphatic heterocycles. The van der Waals surface area contributed by atoms with Crippen LogP contribution in [0.2, 0.25) is 0 Å². The molecule has 1 N–H and O–H groups in total. The fourth-order valence-corrected chi connectivity index (χ4v) is 3.73. The van der Waals surface area contributed by atoms with E-state index in [-0.39, 0.29) is 18.7 Å². The molecular formula is C23H45NO4. The van der Waals surface area contributed by atoms with Gasteiger partial charge in [0.15, 0.2) is 11.4 Å². The number of Topliss-reactive ketones (excluding diaryl/α,β-unsaturated/α-hetero) is 1. The second-order valence-corrected chi connectivity index (χ2v) is 9.30. The van der Waals surface area contributed by atoms with Gasteiger partial charge in [-0.05, 0) is 6.42 Å². The molecule has 1 unspecified atom stereocenters. The van der Waals surface area contributed by atoms with Gasteiger partial charge in [0.2, 0.25) is 0 Å². The molecule has 5 nitrogen and oxygen atoms in total. The lowest BCUT2D eigenvalue weighted by atomic mass is 9.89. The van der Waals surface area contributed by atoms with E-state index in [2.05, 4.69) is 0 Å². The van der Waals surface area contributed by atoms with Crippen molar-refractivity contribution in [3.05, 3.63) is 0 Å². The highest BCUT2D eigenvalue weighted by Crippen LogP contribution is 2.20. The number of carboxylic acids is 1. The van der Waals surface area contributed by atoms with Gasteiger partial charge >= 0.3 is 0 Å². The van der Waals surface area contributed by atoms with Crippen LogP contribution >= 0.6 is 0 Å². The Kier molecular flexibility index (Phi) is 13.4. The molecule has 0 amide bonds. The molecule has 0 saturated carbocycles. The number of rotatable bonds is 19. The molecule has 0 rings (SSSR count). The molecule has 0 aromatic rings. The van der Waals surface area contributed by atoms with Crippen molar-refractivity contribution in [2.45, 2.75) is 109 Å². The smallest absolute Gasteiger partial charge is 0.177 e. The number of hydrogen-bond donors (Lipinski definition) is 1. The predicted octanol–water partition coefficient (Wildman–Crippen LogP) is 3.61. The van der Waals surface area contributed by atoms with Crippen molar-refractivity contribution < 1.29 is 25.7 Å². The quantitative estimate of drug-likeness (QED) is 0.265. The molecule has 0 fully saturated rings. The molecule has 0 aromatic carbocycles. The van der Waals surface area contributed by atoms with Gasteiger partial charge in [-0.25, -0.2) is 0 Å². The summed E-state index contributed by atoms with van der Waals surface area (Å²) in [5.74, 6) is -1.76. The topological polar surface area (TPSA) is 77.4 Å². The number of unbranched alkanes of at least 4 members (excludes halogenated alkanes) is 12. The van der Waals surface area contributed by atoms with E-state index in [1.54, 1.807) is 0 Å². The van der Waals surface area contributed by atoms with Gasteiger partial charge < -0.3 is 19.5 Å². The molecule has 166 valence electrons. The summed E-state index contributed by atoms with van der Waals surface area (Å²) in [6.45, 7) is 0.634. The number of likely N-dealkylation sites (N-methyl/N-ethyl adjacent to an activating group) is 1. The van der Waals surface area contributed by atoms with E-state index in [1.165, 1.54) is 57.8 Å². The van der Waals surface area contributed by atoms with Gasteiger partial charge in [-0.3, -0.25) is 4.79 Å². The maximum Gasteiger partial charge on any atom is 0.177 e. The molecule has 0 bridgehead atoms. The first-order chi connectivity index (χ1) is 13.6. The summed E-state index contributed by atoms with van der Waals surface area (Å²) >= 11 is 0. The summed E-state index contributed by atoms with van der Waals surface area (Å²) in [7, 11) is 5.48. The predicted molar refractivity (Wildman–Crippen MR) is 113 cm³/mol. The van der Waals surface area contributed by atoms with E-state index in [0.717, 1.165) is 19.3 Å². The minimum absolute atomic E-state index is 0.0735. The first kappa shape index (κ1) is 25.1. The van der Waals surface area contributed by atoms with Crippen LogP contribution in [-0.4, -0.2) is 54.6 Å². The minimum Gasteiger partial charge on any atom is -0.550 e.